The molecule has 1 aromatic heterocycles. The van der Waals surface area contributed by atoms with E-state index in [1.54, 1.807) is 31.1 Å². The molecule has 0 spiro atoms. The number of carbonyl (C=O) groups excluding carboxylic acids is 1. The normalized spacial score (nSPS) is 12.4. The first-order chi connectivity index (χ1) is 7.67. The monoisotopic (exact) mass is 245 g/mol. The van der Waals surface area contributed by atoms with Gasteiger partial charge in [0.05, 0.1) is 12.6 Å². The summed E-state index contributed by atoms with van der Waals surface area (Å²) in [5.41, 5.74) is 0.401. The molecular weight excluding hydrogens is 230 g/mol. The van der Waals surface area contributed by atoms with Crippen molar-refractivity contribution in [2.24, 2.45) is 7.05 Å². The number of hydrogen-bond acceptors (Lipinski definition) is 3. The van der Waals surface area contributed by atoms with Crippen LogP contribution < -0.4 is 5.32 Å². The van der Waals surface area contributed by atoms with Crippen molar-refractivity contribution >= 4 is 17.5 Å². The van der Waals surface area contributed by atoms with E-state index < -0.39 is 0 Å². The van der Waals surface area contributed by atoms with Crippen molar-refractivity contribution in [2.75, 3.05) is 19.6 Å². The number of carbonyl (C=O) groups is 1. The van der Waals surface area contributed by atoms with E-state index in [-0.39, 0.29) is 11.9 Å². The molecule has 1 N–H and O–H groups in total. The largest absolute Gasteiger partial charge is 0.383 e. The maximum absolute atomic E-state index is 11.7. The third-order valence-electron chi connectivity index (χ3n) is 2.11. The number of hydrogen-bond donors (Lipinski definition) is 1. The van der Waals surface area contributed by atoms with Gasteiger partial charge in [-0.2, -0.15) is 5.10 Å². The standard InChI is InChI=1S/C10H16ClN3O2/c1-14-6-4-9(13-14)10(15)12-8(3-5-11)7-16-2/h4,6,8H,3,5,7H2,1-2H3,(H,12,15). The molecule has 0 fully saturated rings. The van der Waals surface area contributed by atoms with Gasteiger partial charge in [0, 0.05) is 26.2 Å². The smallest absolute Gasteiger partial charge is 0.272 e. The highest BCUT2D eigenvalue weighted by Crippen LogP contribution is 1.99. The van der Waals surface area contributed by atoms with Crippen LogP contribution in [0.5, 0.6) is 0 Å². The first-order valence-corrected chi connectivity index (χ1v) is 5.56. The second-order valence-corrected chi connectivity index (χ2v) is 3.86. The molecule has 0 bridgehead atoms. The number of nitrogens with zero attached hydrogens (tertiary/aromatic N) is 2. The van der Waals surface area contributed by atoms with Gasteiger partial charge < -0.3 is 10.1 Å². The minimum atomic E-state index is -0.201. The molecule has 1 rings (SSSR count). The molecule has 5 nitrogen and oxygen atoms in total. The Kier molecular flexibility index (Phi) is 5.28. The minimum Gasteiger partial charge on any atom is -0.383 e. The molecule has 0 saturated heterocycles. The van der Waals surface area contributed by atoms with Crippen molar-refractivity contribution in [1.29, 1.82) is 0 Å². The first kappa shape index (κ1) is 13.0. The molecule has 1 amide bonds. The predicted molar refractivity (Wildman–Crippen MR) is 61.7 cm³/mol. The average Bonchev–Trinajstić information content (AvgIpc) is 2.65. The summed E-state index contributed by atoms with van der Waals surface area (Å²) in [6, 6.07) is 1.59. The Morgan fingerprint density at radius 3 is 3.00 bits per heavy atom. The zero-order valence-electron chi connectivity index (χ0n) is 9.44. The molecule has 0 saturated carbocycles. The lowest BCUT2D eigenvalue weighted by atomic mass is 10.2. The topological polar surface area (TPSA) is 56.1 Å². The lowest BCUT2D eigenvalue weighted by Gasteiger charge is -2.15. The summed E-state index contributed by atoms with van der Waals surface area (Å²) in [4.78, 5) is 11.7. The molecule has 16 heavy (non-hydrogen) atoms. The summed E-state index contributed by atoms with van der Waals surface area (Å²) in [6.07, 6.45) is 2.40. The van der Waals surface area contributed by atoms with Gasteiger partial charge in [0.1, 0.15) is 5.69 Å². The summed E-state index contributed by atoms with van der Waals surface area (Å²) in [5.74, 6) is 0.282. The molecule has 1 aromatic rings. The zero-order valence-corrected chi connectivity index (χ0v) is 10.2. The lowest BCUT2D eigenvalue weighted by molar-refractivity contribution is 0.0889. The molecule has 0 aliphatic heterocycles. The molecule has 0 aliphatic carbocycles. The van der Waals surface area contributed by atoms with Gasteiger partial charge in [0.15, 0.2) is 0 Å². The summed E-state index contributed by atoms with van der Waals surface area (Å²) in [7, 11) is 3.36. The van der Waals surface area contributed by atoms with E-state index >= 15 is 0 Å². The summed E-state index contributed by atoms with van der Waals surface area (Å²) in [5, 5.41) is 6.84. The maximum Gasteiger partial charge on any atom is 0.272 e. The van der Waals surface area contributed by atoms with Gasteiger partial charge in [-0.1, -0.05) is 0 Å². The van der Waals surface area contributed by atoms with E-state index in [9.17, 15) is 4.79 Å². The zero-order chi connectivity index (χ0) is 12.0. The van der Waals surface area contributed by atoms with Crippen LogP contribution >= 0.6 is 11.6 Å². The van der Waals surface area contributed by atoms with Gasteiger partial charge >= 0.3 is 0 Å². The van der Waals surface area contributed by atoms with Gasteiger partial charge in [-0.3, -0.25) is 9.48 Å². The molecule has 6 heteroatoms. The maximum atomic E-state index is 11.7. The van der Waals surface area contributed by atoms with Crippen LogP contribution in [0.25, 0.3) is 0 Å². The summed E-state index contributed by atoms with van der Waals surface area (Å²) >= 11 is 5.64. The number of ether oxygens (including phenoxy) is 1. The molecule has 1 unspecified atom stereocenters. The van der Waals surface area contributed by atoms with Crippen molar-refractivity contribution in [3.63, 3.8) is 0 Å². The number of alkyl halides is 1. The van der Waals surface area contributed by atoms with E-state index in [0.29, 0.717) is 24.6 Å². The van der Waals surface area contributed by atoms with Crippen molar-refractivity contribution < 1.29 is 9.53 Å². The highest BCUT2D eigenvalue weighted by atomic mass is 35.5. The Balaban J connectivity index is 2.54. The summed E-state index contributed by atoms with van der Waals surface area (Å²) < 4.78 is 6.58. The van der Waals surface area contributed by atoms with Crippen LogP contribution in [0, 0.1) is 0 Å². The third kappa shape index (κ3) is 3.83. The number of methoxy groups -OCH3 is 1. The molecule has 0 radical (unpaired) electrons. The van der Waals surface area contributed by atoms with Crippen LogP contribution in [-0.2, 0) is 11.8 Å². The Morgan fingerprint density at radius 1 is 1.75 bits per heavy atom. The van der Waals surface area contributed by atoms with Gasteiger partial charge in [-0.15, -0.1) is 11.6 Å². The Morgan fingerprint density at radius 2 is 2.50 bits per heavy atom. The van der Waals surface area contributed by atoms with Crippen molar-refractivity contribution in [3.8, 4) is 0 Å². The van der Waals surface area contributed by atoms with Gasteiger partial charge in [-0.05, 0) is 12.5 Å². The van der Waals surface area contributed by atoms with Crippen molar-refractivity contribution in [3.05, 3.63) is 18.0 Å². The van der Waals surface area contributed by atoms with Crippen LogP contribution in [-0.4, -0.2) is 41.3 Å². The van der Waals surface area contributed by atoms with Crippen LogP contribution in [0.15, 0.2) is 12.3 Å². The Hall–Kier alpha value is -1.07. The fraction of sp³-hybridized carbons (Fsp3) is 0.600. The van der Waals surface area contributed by atoms with Crippen LogP contribution in [0.4, 0.5) is 0 Å². The number of amides is 1. The van der Waals surface area contributed by atoms with Gasteiger partial charge in [-0.25, -0.2) is 0 Å². The second-order valence-electron chi connectivity index (χ2n) is 3.48. The predicted octanol–water partition coefficient (Wildman–Crippen LogP) is 0.794. The second kappa shape index (κ2) is 6.50. The Labute approximate surface area is 99.7 Å². The number of aromatic nitrogens is 2. The van der Waals surface area contributed by atoms with Crippen LogP contribution in [0.1, 0.15) is 16.9 Å². The lowest BCUT2D eigenvalue weighted by Crippen LogP contribution is -2.38. The van der Waals surface area contributed by atoms with E-state index in [1.807, 2.05) is 0 Å². The number of rotatable bonds is 6. The molecule has 90 valence electrons. The van der Waals surface area contributed by atoms with Crippen LogP contribution in [0.3, 0.4) is 0 Å². The average molecular weight is 246 g/mol. The highest BCUT2D eigenvalue weighted by Gasteiger charge is 2.14. The molecule has 1 heterocycles. The molecule has 0 aromatic carbocycles. The van der Waals surface area contributed by atoms with Crippen LogP contribution in [0.2, 0.25) is 0 Å². The minimum absolute atomic E-state index is 0.0722. The quantitative estimate of drug-likeness (QED) is 0.754. The molecule has 1 atom stereocenters. The number of aryl methyl sites for hydroxylation is 1. The molecular formula is C10H16ClN3O2. The Bertz CT molecular complexity index is 335. The van der Waals surface area contributed by atoms with Crippen molar-refractivity contribution in [1.82, 2.24) is 15.1 Å². The SMILES string of the molecule is COCC(CCCl)NC(=O)c1ccn(C)n1. The fourth-order valence-corrected chi connectivity index (χ4v) is 1.59. The van der Waals surface area contributed by atoms with E-state index in [4.69, 9.17) is 16.3 Å². The fourth-order valence-electron chi connectivity index (χ4n) is 1.33. The van der Waals surface area contributed by atoms with Crippen molar-refractivity contribution in [2.45, 2.75) is 12.5 Å². The van der Waals surface area contributed by atoms with E-state index in [2.05, 4.69) is 10.4 Å². The number of nitrogens with one attached hydrogen (secondary N) is 1. The highest BCUT2D eigenvalue weighted by molar-refractivity contribution is 6.17. The third-order valence-corrected chi connectivity index (χ3v) is 2.33. The first-order valence-electron chi connectivity index (χ1n) is 5.02. The van der Waals surface area contributed by atoms with E-state index in [1.165, 1.54) is 0 Å². The van der Waals surface area contributed by atoms with Gasteiger partial charge in [0.2, 0.25) is 0 Å². The number of halogens is 1. The molecule has 0 aliphatic rings. The van der Waals surface area contributed by atoms with E-state index in [0.717, 1.165) is 0 Å². The van der Waals surface area contributed by atoms with Gasteiger partial charge in [0.25, 0.3) is 5.91 Å². The summed E-state index contributed by atoms with van der Waals surface area (Å²) in [6.45, 7) is 0.450.